The van der Waals surface area contributed by atoms with E-state index in [4.69, 9.17) is 0 Å². The first-order valence-electron chi connectivity index (χ1n) is 6.76. The van der Waals surface area contributed by atoms with Crippen molar-refractivity contribution in [2.24, 2.45) is 0 Å². The Labute approximate surface area is 120 Å². The lowest BCUT2D eigenvalue weighted by Gasteiger charge is -2.07. The fourth-order valence-corrected chi connectivity index (χ4v) is 1.81. The van der Waals surface area contributed by atoms with Gasteiger partial charge in [-0.1, -0.05) is 13.8 Å². The van der Waals surface area contributed by atoms with Gasteiger partial charge in [0.25, 0.3) is 0 Å². The summed E-state index contributed by atoms with van der Waals surface area (Å²) in [4.78, 5) is 13.7. The molecule has 0 amide bonds. The van der Waals surface area contributed by atoms with Crippen LogP contribution in [0.2, 0.25) is 0 Å². The Morgan fingerprint density at radius 1 is 1.25 bits per heavy atom. The van der Waals surface area contributed by atoms with Gasteiger partial charge in [-0.05, 0) is 6.07 Å². The minimum absolute atomic E-state index is 0.858. The third-order valence-electron chi connectivity index (χ3n) is 2.42. The molecule has 5 nitrogen and oxygen atoms in total. The van der Waals surface area contributed by atoms with Crippen molar-refractivity contribution >= 4 is 22.8 Å². The van der Waals surface area contributed by atoms with Gasteiger partial charge in [0.05, 0.1) is 11.3 Å². The Kier molecular flexibility index (Phi) is 5.90. The topological polar surface area (TPSA) is 47.8 Å². The van der Waals surface area contributed by atoms with E-state index in [1.54, 1.807) is 6.33 Å². The fourth-order valence-electron chi connectivity index (χ4n) is 1.81. The first-order chi connectivity index (χ1) is 9.58. The monoisotopic (exact) mass is 274 g/mol. The molecule has 0 aliphatic heterocycles. The number of hydrogen-bond acceptors (Lipinski definition) is 3. The summed E-state index contributed by atoms with van der Waals surface area (Å²) < 4.78 is 2.01. The summed E-state index contributed by atoms with van der Waals surface area (Å²) in [5, 5.41) is 1.03. The molecule has 0 aliphatic rings. The average molecular weight is 274 g/mol. The van der Waals surface area contributed by atoms with Gasteiger partial charge >= 0.3 is 0 Å². The standard InChI is InChI=1S/C13H18N5.C2H6/c1-17(2)7-10(8-18(3)4)12-11-5-6-14-13(11)16-9-15-12;1-2/h5-9H,1-4H3,(H,14,15,16);1-2H3/q+1;. The summed E-state index contributed by atoms with van der Waals surface area (Å²) in [6.45, 7) is 4.00. The van der Waals surface area contributed by atoms with E-state index in [0.717, 1.165) is 22.3 Å². The second-order valence-electron chi connectivity index (χ2n) is 4.60. The molecule has 0 fully saturated rings. The highest BCUT2D eigenvalue weighted by atomic mass is 15.0. The second-order valence-corrected chi connectivity index (χ2v) is 4.60. The van der Waals surface area contributed by atoms with Crippen LogP contribution in [0, 0.1) is 0 Å². The Hall–Kier alpha value is -2.17. The predicted molar refractivity (Wildman–Crippen MR) is 85.1 cm³/mol. The minimum atomic E-state index is 0.858. The Balaban J connectivity index is 0.000000956. The molecule has 5 heteroatoms. The zero-order valence-corrected chi connectivity index (χ0v) is 13.2. The molecule has 0 saturated heterocycles. The van der Waals surface area contributed by atoms with Crippen molar-refractivity contribution in [2.75, 3.05) is 28.2 Å². The number of aromatic nitrogens is 3. The van der Waals surface area contributed by atoms with Crippen LogP contribution < -0.4 is 0 Å². The van der Waals surface area contributed by atoms with E-state index in [-0.39, 0.29) is 0 Å². The lowest BCUT2D eigenvalue weighted by molar-refractivity contribution is -0.458. The number of nitrogens with zero attached hydrogens (tertiary/aromatic N) is 4. The van der Waals surface area contributed by atoms with Crippen LogP contribution in [-0.4, -0.2) is 58.8 Å². The molecule has 2 heterocycles. The van der Waals surface area contributed by atoms with Crippen molar-refractivity contribution in [3.05, 3.63) is 30.5 Å². The van der Waals surface area contributed by atoms with E-state index < -0.39 is 0 Å². The van der Waals surface area contributed by atoms with Gasteiger partial charge in [0.2, 0.25) is 0 Å². The normalized spacial score (nSPS) is 10.8. The molecule has 2 aromatic rings. The molecular weight excluding hydrogens is 250 g/mol. The summed E-state index contributed by atoms with van der Waals surface area (Å²) in [6, 6.07) is 2.00. The summed E-state index contributed by atoms with van der Waals surface area (Å²) in [5.74, 6) is 0. The fraction of sp³-hybridized carbons (Fsp3) is 0.400. The second kappa shape index (κ2) is 7.43. The van der Waals surface area contributed by atoms with Crippen LogP contribution >= 0.6 is 0 Å². The molecule has 0 radical (unpaired) electrons. The summed E-state index contributed by atoms with van der Waals surface area (Å²) in [5.41, 5.74) is 2.84. The van der Waals surface area contributed by atoms with Gasteiger partial charge in [-0.25, -0.2) is 14.5 Å². The number of rotatable bonds is 3. The van der Waals surface area contributed by atoms with Crippen LogP contribution in [0.3, 0.4) is 0 Å². The average Bonchev–Trinajstić information content (AvgIpc) is 2.87. The number of hydrogen-bond donors (Lipinski definition) is 1. The first-order valence-corrected chi connectivity index (χ1v) is 6.76. The molecule has 0 atom stereocenters. The van der Waals surface area contributed by atoms with E-state index in [1.165, 1.54) is 0 Å². The minimum Gasteiger partial charge on any atom is -0.383 e. The highest BCUT2D eigenvalue weighted by Crippen LogP contribution is 2.19. The van der Waals surface area contributed by atoms with Gasteiger partial charge < -0.3 is 9.88 Å². The van der Waals surface area contributed by atoms with E-state index in [2.05, 4.69) is 27.4 Å². The third-order valence-corrected chi connectivity index (χ3v) is 2.42. The molecule has 0 aromatic carbocycles. The highest BCUT2D eigenvalue weighted by molar-refractivity contribution is 6.11. The maximum absolute atomic E-state index is 4.40. The molecule has 20 heavy (non-hydrogen) atoms. The molecule has 0 spiro atoms. The summed E-state index contributed by atoms with van der Waals surface area (Å²) in [7, 11) is 8.00. The SMILES string of the molecule is CC.CN(C)/C=C(/C=[N+](C)C)c1ncnc2[nH]ccc12. The number of fused-ring (bicyclic) bond motifs is 1. The number of aromatic amines is 1. The Bertz CT molecular complexity index is 604. The largest absolute Gasteiger partial charge is 0.383 e. The van der Waals surface area contributed by atoms with Gasteiger partial charge in [-0.2, -0.15) is 0 Å². The van der Waals surface area contributed by atoms with Crippen LogP contribution in [0.25, 0.3) is 16.6 Å². The van der Waals surface area contributed by atoms with Crippen molar-refractivity contribution in [2.45, 2.75) is 13.8 Å². The smallest absolute Gasteiger partial charge is 0.173 e. The van der Waals surface area contributed by atoms with Crippen LogP contribution in [0.4, 0.5) is 0 Å². The summed E-state index contributed by atoms with van der Waals surface area (Å²) in [6.07, 6.45) is 7.57. The van der Waals surface area contributed by atoms with Gasteiger partial charge in [-0.3, -0.25) is 0 Å². The number of H-pyrrole nitrogens is 1. The van der Waals surface area contributed by atoms with E-state index >= 15 is 0 Å². The van der Waals surface area contributed by atoms with Crippen molar-refractivity contribution in [1.82, 2.24) is 19.9 Å². The first kappa shape index (κ1) is 15.9. The zero-order valence-electron chi connectivity index (χ0n) is 13.2. The molecule has 2 rings (SSSR count). The highest BCUT2D eigenvalue weighted by Gasteiger charge is 2.11. The number of allylic oxidation sites excluding steroid dienone is 1. The number of nitrogens with one attached hydrogen (secondary N) is 1. The van der Waals surface area contributed by atoms with Gasteiger partial charge in [0, 0.05) is 31.9 Å². The van der Waals surface area contributed by atoms with E-state index in [1.807, 2.05) is 63.8 Å². The van der Waals surface area contributed by atoms with Gasteiger partial charge in [0.1, 0.15) is 26.1 Å². The van der Waals surface area contributed by atoms with Gasteiger partial charge in [-0.15, -0.1) is 0 Å². The molecule has 0 saturated carbocycles. The van der Waals surface area contributed by atoms with E-state index in [0.29, 0.717) is 0 Å². The van der Waals surface area contributed by atoms with Crippen LogP contribution in [0.1, 0.15) is 19.5 Å². The van der Waals surface area contributed by atoms with Gasteiger partial charge in [0.15, 0.2) is 6.21 Å². The van der Waals surface area contributed by atoms with Crippen LogP contribution in [0.5, 0.6) is 0 Å². The lowest BCUT2D eigenvalue weighted by Crippen LogP contribution is -2.08. The Morgan fingerprint density at radius 2 is 1.95 bits per heavy atom. The van der Waals surface area contributed by atoms with Crippen LogP contribution in [0.15, 0.2) is 24.8 Å². The third kappa shape index (κ3) is 3.91. The van der Waals surface area contributed by atoms with E-state index in [9.17, 15) is 0 Å². The molecule has 0 aliphatic carbocycles. The maximum atomic E-state index is 4.40. The molecule has 108 valence electrons. The predicted octanol–water partition coefficient (Wildman–Crippen LogP) is 2.23. The maximum Gasteiger partial charge on any atom is 0.173 e. The molecule has 0 bridgehead atoms. The Morgan fingerprint density at radius 3 is 2.55 bits per heavy atom. The van der Waals surface area contributed by atoms with Crippen molar-refractivity contribution in [3.63, 3.8) is 0 Å². The lowest BCUT2D eigenvalue weighted by atomic mass is 10.1. The molecular formula is C15H24N5+. The molecule has 2 aromatic heterocycles. The van der Waals surface area contributed by atoms with Crippen LogP contribution in [-0.2, 0) is 0 Å². The summed E-state index contributed by atoms with van der Waals surface area (Å²) >= 11 is 0. The van der Waals surface area contributed by atoms with Crippen molar-refractivity contribution in [3.8, 4) is 0 Å². The zero-order chi connectivity index (χ0) is 15.1. The molecule has 1 N–H and O–H groups in total. The molecule has 0 unspecified atom stereocenters. The van der Waals surface area contributed by atoms with Crippen molar-refractivity contribution < 1.29 is 4.58 Å². The quantitative estimate of drug-likeness (QED) is 0.689. The van der Waals surface area contributed by atoms with Crippen molar-refractivity contribution in [1.29, 1.82) is 0 Å².